The van der Waals surface area contributed by atoms with Crippen molar-refractivity contribution in [2.45, 2.75) is 143 Å². The molecule has 0 rings (SSSR count). The van der Waals surface area contributed by atoms with Gasteiger partial charge in [0.05, 0.1) is 130 Å². The molecule has 296 valence electrons. The zero-order valence-corrected chi connectivity index (χ0v) is 32.9. The van der Waals surface area contributed by atoms with Crippen molar-refractivity contribution in [3.8, 4) is 0 Å². The minimum Gasteiger partial charge on any atom is -0.377 e. The van der Waals surface area contributed by atoms with E-state index in [0.29, 0.717) is 106 Å². The molecule has 0 radical (unpaired) electrons. The number of hydrogen-bond donors (Lipinski definition) is 0. The monoisotopic (exact) mass is 711 g/mol. The van der Waals surface area contributed by atoms with Crippen molar-refractivity contribution in [2.75, 3.05) is 106 Å². The highest BCUT2D eigenvalue weighted by molar-refractivity contribution is 4.59. The molecule has 11 nitrogen and oxygen atoms in total. The summed E-state index contributed by atoms with van der Waals surface area (Å²) in [5.41, 5.74) is 0. The van der Waals surface area contributed by atoms with E-state index in [1.165, 1.54) is 0 Å². The lowest BCUT2D eigenvalue weighted by molar-refractivity contribution is -0.101. The predicted molar refractivity (Wildman–Crippen MR) is 195 cm³/mol. The molecule has 0 aliphatic heterocycles. The molecular formula is C38H78O11. The van der Waals surface area contributed by atoms with Gasteiger partial charge in [-0.3, -0.25) is 0 Å². The second-order valence-corrected chi connectivity index (χ2v) is 12.1. The summed E-state index contributed by atoms with van der Waals surface area (Å²) in [6, 6.07) is 0. The van der Waals surface area contributed by atoms with Gasteiger partial charge < -0.3 is 52.1 Å². The highest BCUT2D eigenvalue weighted by Gasteiger charge is 2.14. The fourth-order valence-corrected chi connectivity index (χ4v) is 4.99. The van der Waals surface area contributed by atoms with Gasteiger partial charge in [0, 0.05) is 0 Å². The Balaban J connectivity index is 4.53. The van der Waals surface area contributed by atoms with Crippen LogP contribution in [0.5, 0.6) is 0 Å². The van der Waals surface area contributed by atoms with Gasteiger partial charge in [-0.1, -0.05) is 55.4 Å². The largest absolute Gasteiger partial charge is 0.377 e. The van der Waals surface area contributed by atoms with Gasteiger partial charge in [-0.25, -0.2) is 0 Å². The zero-order chi connectivity index (χ0) is 36.2. The summed E-state index contributed by atoms with van der Waals surface area (Å²) in [7, 11) is 0. The van der Waals surface area contributed by atoms with Crippen molar-refractivity contribution in [1.29, 1.82) is 0 Å². The lowest BCUT2D eigenvalue weighted by atomic mass is 10.2. The smallest absolute Gasteiger partial charge is 0.104 e. The Morgan fingerprint density at radius 1 is 0.224 bits per heavy atom. The van der Waals surface area contributed by atoms with E-state index in [0.717, 1.165) is 51.4 Å². The van der Waals surface area contributed by atoms with Crippen molar-refractivity contribution < 1.29 is 52.1 Å². The first-order valence-corrected chi connectivity index (χ1v) is 19.6. The molecule has 0 spiro atoms. The SMILES string of the molecule is CCC(CC)OCCOCC(COCCOC(CC)CC)OCCOCCOC(COCCOC(CC)CC)COCCOC(CC)CC. The summed E-state index contributed by atoms with van der Waals surface area (Å²) >= 11 is 0. The maximum absolute atomic E-state index is 6.07. The Kier molecular flexibility index (Phi) is 37.0. The number of ether oxygens (including phenoxy) is 11. The Morgan fingerprint density at radius 3 is 0.612 bits per heavy atom. The van der Waals surface area contributed by atoms with Gasteiger partial charge in [-0.2, -0.15) is 0 Å². The molecule has 0 aromatic rings. The second-order valence-electron chi connectivity index (χ2n) is 12.1. The summed E-state index contributed by atoms with van der Waals surface area (Å²) in [6.45, 7) is 24.9. The molecule has 0 aliphatic carbocycles. The number of hydrogen-bond acceptors (Lipinski definition) is 11. The van der Waals surface area contributed by atoms with Crippen molar-refractivity contribution in [2.24, 2.45) is 0 Å². The van der Waals surface area contributed by atoms with Crippen LogP contribution in [0.25, 0.3) is 0 Å². The van der Waals surface area contributed by atoms with E-state index in [-0.39, 0.29) is 36.6 Å². The third-order valence-electron chi connectivity index (χ3n) is 8.35. The normalized spacial score (nSPS) is 12.4. The lowest BCUT2D eigenvalue weighted by Gasteiger charge is -2.21. The van der Waals surface area contributed by atoms with Gasteiger partial charge in [-0.15, -0.1) is 0 Å². The van der Waals surface area contributed by atoms with E-state index in [1.54, 1.807) is 0 Å². The topological polar surface area (TPSA) is 102 Å². The fraction of sp³-hybridized carbons (Fsp3) is 1.00. The van der Waals surface area contributed by atoms with Crippen LogP contribution in [0.15, 0.2) is 0 Å². The first-order valence-electron chi connectivity index (χ1n) is 19.6. The quantitative estimate of drug-likeness (QED) is 0.0639. The Hall–Kier alpha value is -0.440. The number of rotatable bonds is 40. The highest BCUT2D eigenvalue weighted by atomic mass is 16.6. The van der Waals surface area contributed by atoms with Gasteiger partial charge in [0.25, 0.3) is 0 Å². The minimum atomic E-state index is -0.206. The summed E-state index contributed by atoms with van der Waals surface area (Å²) in [6.07, 6.45) is 8.75. The average Bonchev–Trinajstić information content (AvgIpc) is 3.13. The van der Waals surface area contributed by atoms with E-state index < -0.39 is 0 Å². The molecule has 0 aliphatic rings. The molecule has 0 unspecified atom stereocenters. The predicted octanol–water partition coefficient (Wildman–Crippen LogP) is 6.66. The standard InChI is InChI=1S/C38H78O11/c1-9-33(10-2)44-25-19-40-29-37(30-41-20-26-45-34(11-3)12-4)48-23-17-39-18-24-49-38(31-42-21-27-46-35(13-5)14-6)32-43-22-28-47-36(15-7)16-8/h33-38H,9-32H2,1-8H3. The zero-order valence-electron chi connectivity index (χ0n) is 32.9. The summed E-state index contributed by atoms with van der Waals surface area (Å²) in [4.78, 5) is 0. The average molecular weight is 711 g/mol. The van der Waals surface area contributed by atoms with E-state index >= 15 is 0 Å². The van der Waals surface area contributed by atoms with E-state index in [4.69, 9.17) is 52.1 Å². The van der Waals surface area contributed by atoms with Gasteiger partial charge >= 0.3 is 0 Å². The van der Waals surface area contributed by atoms with Crippen molar-refractivity contribution in [3.63, 3.8) is 0 Å². The van der Waals surface area contributed by atoms with Crippen molar-refractivity contribution >= 4 is 0 Å². The molecular weight excluding hydrogens is 632 g/mol. The van der Waals surface area contributed by atoms with Crippen LogP contribution in [0, 0.1) is 0 Å². The van der Waals surface area contributed by atoms with Gasteiger partial charge in [0.1, 0.15) is 12.2 Å². The van der Waals surface area contributed by atoms with Crippen LogP contribution in [0.4, 0.5) is 0 Å². The lowest BCUT2D eigenvalue weighted by Crippen LogP contribution is -2.30. The molecule has 0 heterocycles. The van der Waals surface area contributed by atoms with E-state index in [1.807, 2.05) is 0 Å². The van der Waals surface area contributed by atoms with E-state index in [9.17, 15) is 0 Å². The van der Waals surface area contributed by atoms with Crippen LogP contribution in [0.1, 0.15) is 107 Å². The van der Waals surface area contributed by atoms with Crippen LogP contribution < -0.4 is 0 Å². The van der Waals surface area contributed by atoms with Crippen LogP contribution in [0.3, 0.4) is 0 Å². The molecule has 0 aromatic heterocycles. The first kappa shape index (κ1) is 48.6. The van der Waals surface area contributed by atoms with Crippen molar-refractivity contribution in [1.82, 2.24) is 0 Å². The molecule has 49 heavy (non-hydrogen) atoms. The first-order chi connectivity index (χ1) is 24.0. The minimum absolute atomic E-state index is 0.206. The molecule has 0 bridgehead atoms. The maximum atomic E-state index is 6.07. The summed E-state index contributed by atoms with van der Waals surface area (Å²) in [5.74, 6) is 0. The van der Waals surface area contributed by atoms with Gasteiger partial charge in [0.15, 0.2) is 0 Å². The van der Waals surface area contributed by atoms with Crippen molar-refractivity contribution in [3.05, 3.63) is 0 Å². The molecule has 0 saturated heterocycles. The third kappa shape index (κ3) is 29.8. The summed E-state index contributed by atoms with van der Waals surface area (Å²) in [5, 5.41) is 0. The van der Waals surface area contributed by atoms with Crippen LogP contribution >= 0.6 is 0 Å². The van der Waals surface area contributed by atoms with Crippen LogP contribution in [-0.2, 0) is 52.1 Å². The van der Waals surface area contributed by atoms with Crippen LogP contribution in [-0.4, -0.2) is 142 Å². The Morgan fingerprint density at radius 2 is 0.408 bits per heavy atom. The molecule has 0 amide bonds. The highest BCUT2D eigenvalue weighted by Crippen LogP contribution is 2.06. The molecule has 0 fully saturated rings. The van der Waals surface area contributed by atoms with Gasteiger partial charge in [-0.05, 0) is 51.4 Å². The third-order valence-corrected chi connectivity index (χ3v) is 8.35. The molecule has 0 saturated carbocycles. The molecule has 0 atom stereocenters. The molecule has 0 aromatic carbocycles. The summed E-state index contributed by atoms with van der Waals surface area (Å²) < 4.78 is 64.9. The maximum Gasteiger partial charge on any atom is 0.104 e. The van der Waals surface area contributed by atoms with E-state index in [2.05, 4.69) is 55.4 Å². The fourth-order valence-electron chi connectivity index (χ4n) is 4.99. The molecule has 0 N–H and O–H groups in total. The Labute approximate surface area is 300 Å². The molecule has 11 heteroatoms. The second kappa shape index (κ2) is 37.3. The van der Waals surface area contributed by atoms with Crippen LogP contribution in [0.2, 0.25) is 0 Å². The van der Waals surface area contributed by atoms with Gasteiger partial charge in [0.2, 0.25) is 0 Å². The Bertz CT molecular complexity index is 533.